The third kappa shape index (κ3) is 36.2. The second-order valence-electron chi connectivity index (χ2n) is 0.831. The highest BCUT2D eigenvalue weighted by Crippen LogP contribution is 1.91. The van der Waals surface area contributed by atoms with Crippen molar-refractivity contribution in [2.45, 2.75) is 21.3 Å². The SMILES string of the molecule is C.[2H]C([2H])(C)I.[2H]C([2H])(C)S(=O)(=O)Cl. The average molecular weight is 305 g/mol. The van der Waals surface area contributed by atoms with Crippen molar-refractivity contribution < 1.29 is 13.9 Å². The zero-order chi connectivity index (χ0) is 11.5. The van der Waals surface area contributed by atoms with Gasteiger partial charge in [-0.25, -0.2) is 8.42 Å². The highest BCUT2D eigenvalue weighted by molar-refractivity contribution is 14.1. The van der Waals surface area contributed by atoms with Crippen LogP contribution in [0.5, 0.6) is 0 Å². The van der Waals surface area contributed by atoms with E-state index in [1.54, 1.807) is 22.6 Å². The van der Waals surface area contributed by atoms with Gasteiger partial charge in [-0.1, -0.05) is 43.9 Å². The molecule has 0 spiro atoms. The first kappa shape index (κ1) is 7.61. The molecule has 0 heterocycles. The van der Waals surface area contributed by atoms with E-state index in [2.05, 4.69) is 10.7 Å². The maximum atomic E-state index is 10.0. The smallest absolute Gasteiger partial charge is 0.212 e. The Labute approximate surface area is 87.5 Å². The van der Waals surface area contributed by atoms with Gasteiger partial charge < -0.3 is 0 Å². The summed E-state index contributed by atoms with van der Waals surface area (Å²) in [5.74, 6) is 0. The molecule has 0 atom stereocenters. The Morgan fingerprint density at radius 1 is 1.60 bits per heavy atom. The maximum Gasteiger partial charge on any atom is 0.232 e. The highest BCUT2D eigenvalue weighted by Gasteiger charge is 1.94. The van der Waals surface area contributed by atoms with Crippen LogP contribution in [0.4, 0.5) is 0 Å². The molecular weight excluding hydrogens is 286 g/mol. The summed E-state index contributed by atoms with van der Waals surface area (Å²) in [5, 5.41) is 0. The molecule has 0 saturated carbocycles. The summed E-state index contributed by atoms with van der Waals surface area (Å²) in [6, 6.07) is 0. The van der Waals surface area contributed by atoms with Gasteiger partial charge in [0.2, 0.25) is 9.05 Å². The number of hydrogen-bond acceptors (Lipinski definition) is 2. The molecule has 0 saturated heterocycles. The molecule has 2 nitrogen and oxygen atoms in total. The minimum absolute atomic E-state index is 0. The van der Waals surface area contributed by atoms with Gasteiger partial charge in [0.25, 0.3) is 0 Å². The fourth-order valence-corrected chi connectivity index (χ4v) is 0. The lowest BCUT2D eigenvalue weighted by Crippen LogP contribution is -1.88. The van der Waals surface area contributed by atoms with Crippen LogP contribution in [-0.2, 0) is 9.05 Å². The van der Waals surface area contributed by atoms with E-state index in [-0.39, 0.29) is 7.43 Å². The fourth-order valence-electron chi connectivity index (χ4n) is 0. The Balaban J connectivity index is -0.000000177. The molecule has 0 aliphatic heterocycles. The van der Waals surface area contributed by atoms with Gasteiger partial charge in [-0.3, -0.25) is 0 Å². The minimum Gasteiger partial charge on any atom is -0.212 e. The molecule has 0 amide bonds. The molecule has 0 unspecified atom stereocenters. The Morgan fingerprint density at radius 3 is 1.70 bits per heavy atom. The first-order chi connectivity index (χ1) is 5.25. The monoisotopic (exact) mass is 304 g/mol. The van der Waals surface area contributed by atoms with Gasteiger partial charge in [-0.15, -0.1) is 0 Å². The molecule has 0 radical (unpaired) electrons. The summed E-state index contributed by atoms with van der Waals surface area (Å²) < 4.78 is 45.3. The van der Waals surface area contributed by atoms with Crippen molar-refractivity contribution in [1.82, 2.24) is 0 Å². The third-order valence-corrected chi connectivity index (χ3v) is 1.19. The Kier molecular flexibility index (Phi) is 7.59. The summed E-state index contributed by atoms with van der Waals surface area (Å²) in [6.45, 7) is 2.39. The van der Waals surface area contributed by atoms with Crippen LogP contribution < -0.4 is 0 Å². The zero-order valence-corrected chi connectivity index (χ0v) is 8.71. The summed E-state index contributed by atoms with van der Waals surface area (Å²) in [7, 11) is 0.572. The van der Waals surface area contributed by atoms with Gasteiger partial charge in [-0.2, -0.15) is 0 Å². The van der Waals surface area contributed by atoms with Gasteiger partial charge in [0.05, 0.1) is 5.70 Å². The van der Waals surface area contributed by atoms with Crippen molar-refractivity contribution in [2.24, 2.45) is 0 Å². The van der Waals surface area contributed by atoms with Crippen molar-refractivity contribution in [1.29, 1.82) is 0 Å². The van der Waals surface area contributed by atoms with Gasteiger partial charge in [0, 0.05) is 16.2 Å². The predicted molar refractivity (Wildman–Crippen MR) is 56.6 cm³/mol. The standard InChI is InChI=1S/C2H5ClO2S.C2H5I.CH4/c1-2-6(3,4)5;1-2-3;/h2H2,1H3;2H2,1H3;1H4/i2*2D2;. The summed E-state index contributed by atoms with van der Waals surface area (Å²) >= 11 is 1.71. The van der Waals surface area contributed by atoms with E-state index < -0.39 is 19.1 Å². The highest BCUT2D eigenvalue weighted by atomic mass is 127. The summed E-state index contributed by atoms with van der Waals surface area (Å²) in [4.78, 5) is 0. The van der Waals surface area contributed by atoms with Crippen molar-refractivity contribution >= 4 is 42.3 Å². The zero-order valence-electron chi connectivity index (χ0n) is 8.98. The van der Waals surface area contributed by atoms with Crippen molar-refractivity contribution in [3.8, 4) is 0 Å². The first-order valence-corrected chi connectivity index (χ1v) is 5.27. The van der Waals surface area contributed by atoms with E-state index in [1.807, 2.05) is 0 Å². The predicted octanol–water partition coefficient (Wildman–Crippen LogP) is 2.65. The molecule has 66 valence electrons. The summed E-state index contributed by atoms with van der Waals surface area (Å²) in [5.41, 5.74) is -2.32. The van der Waals surface area contributed by atoms with Crippen LogP contribution in [0.1, 0.15) is 26.8 Å². The van der Waals surface area contributed by atoms with E-state index in [1.165, 1.54) is 6.92 Å². The van der Waals surface area contributed by atoms with E-state index in [9.17, 15) is 8.42 Å². The molecular formula is C5H14ClIO2S. The van der Waals surface area contributed by atoms with Crippen LogP contribution in [0.25, 0.3) is 0 Å². The van der Waals surface area contributed by atoms with Crippen molar-refractivity contribution in [3.05, 3.63) is 0 Å². The van der Waals surface area contributed by atoms with Crippen molar-refractivity contribution in [2.75, 3.05) is 10.1 Å². The molecule has 0 N–H and O–H groups in total. The van der Waals surface area contributed by atoms with E-state index in [0.29, 0.717) is 0 Å². The lowest BCUT2D eigenvalue weighted by Gasteiger charge is -1.77. The van der Waals surface area contributed by atoms with Crippen molar-refractivity contribution in [3.63, 3.8) is 0 Å². The molecule has 10 heavy (non-hydrogen) atoms. The Hall–Kier alpha value is 0.970. The third-order valence-electron chi connectivity index (χ3n) is 0.244. The number of alkyl halides is 1. The molecule has 5 heteroatoms. The molecule has 0 aliphatic rings. The van der Waals surface area contributed by atoms with Gasteiger partial charge in [-0.05, 0) is 4.38 Å². The quantitative estimate of drug-likeness (QED) is 0.424. The summed E-state index contributed by atoms with van der Waals surface area (Å²) in [6.07, 6.45) is 0. The van der Waals surface area contributed by atoms with E-state index >= 15 is 0 Å². The van der Waals surface area contributed by atoms with Crippen LogP contribution in [0.3, 0.4) is 0 Å². The maximum absolute atomic E-state index is 10.0. The molecule has 0 aromatic carbocycles. The van der Waals surface area contributed by atoms with E-state index in [0.717, 1.165) is 6.92 Å². The molecule has 0 aromatic heterocycles. The lowest BCUT2D eigenvalue weighted by atomic mass is 11.0. The van der Waals surface area contributed by atoms with Crippen LogP contribution in [0, 0.1) is 0 Å². The minimum atomic E-state index is -4.03. The second kappa shape index (κ2) is 9.97. The molecule has 0 aromatic rings. The normalized spacial score (nSPS) is 17.6. The van der Waals surface area contributed by atoms with E-state index in [4.69, 9.17) is 5.48 Å². The second-order valence-corrected chi connectivity index (χ2v) is 4.41. The van der Waals surface area contributed by atoms with Crippen LogP contribution in [0.15, 0.2) is 0 Å². The first-order valence-electron chi connectivity index (χ1n) is 3.88. The number of hydrogen-bond donors (Lipinski definition) is 0. The molecule has 0 fully saturated rings. The Morgan fingerprint density at radius 2 is 1.70 bits per heavy atom. The van der Waals surface area contributed by atoms with Crippen LogP contribution in [-0.4, -0.2) is 18.5 Å². The molecule has 0 aliphatic carbocycles. The number of halogens is 2. The Bertz CT molecular complexity index is 237. The average Bonchev–Trinajstić information content (AvgIpc) is 1.50. The number of rotatable bonds is 1. The molecule has 0 rings (SSSR count). The van der Waals surface area contributed by atoms with Gasteiger partial charge in [0.1, 0.15) is 0 Å². The topological polar surface area (TPSA) is 34.1 Å². The van der Waals surface area contributed by atoms with Crippen LogP contribution in [0.2, 0.25) is 0 Å². The van der Waals surface area contributed by atoms with Gasteiger partial charge in [0.15, 0.2) is 0 Å². The van der Waals surface area contributed by atoms with Crippen LogP contribution >= 0.6 is 33.3 Å². The fraction of sp³-hybridized carbons (Fsp3) is 1.00. The van der Waals surface area contributed by atoms with Gasteiger partial charge >= 0.3 is 0 Å². The molecule has 0 bridgehead atoms. The largest absolute Gasteiger partial charge is 0.232 e. The lowest BCUT2D eigenvalue weighted by molar-refractivity contribution is 0.610.